The van der Waals surface area contributed by atoms with E-state index in [2.05, 4.69) is 57.5 Å². The third-order valence-corrected chi connectivity index (χ3v) is 5.21. The SMILES string of the molecule is CN1CCN(CCCNC(=O)CCc2ccncc2)C(c2ccccc2)C1. The highest BCUT2D eigenvalue weighted by atomic mass is 16.1. The maximum atomic E-state index is 12.0. The Bertz CT molecular complexity index is 692. The quantitative estimate of drug-likeness (QED) is 0.730. The van der Waals surface area contributed by atoms with Crippen LogP contribution in [-0.2, 0) is 11.2 Å². The van der Waals surface area contributed by atoms with E-state index in [1.54, 1.807) is 12.4 Å². The first kappa shape index (κ1) is 19.5. The maximum Gasteiger partial charge on any atom is 0.220 e. The van der Waals surface area contributed by atoms with Crippen LogP contribution in [0.1, 0.15) is 30.0 Å². The van der Waals surface area contributed by atoms with E-state index in [4.69, 9.17) is 0 Å². The van der Waals surface area contributed by atoms with Gasteiger partial charge in [0.05, 0.1) is 0 Å². The normalized spacial score (nSPS) is 18.3. The molecule has 0 saturated carbocycles. The third-order valence-electron chi connectivity index (χ3n) is 5.21. The first-order chi connectivity index (χ1) is 13.2. The largest absolute Gasteiger partial charge is 0.356 e. The summed E-state index contributed by atoms with van der Waals surface area (Å²) in [6, 6.07) is 15.1. The lowest BCUT2D eigenvalue weighted by molar-refractivity contribution is -0.121. The number of aryl methyl sites for hydroxylation is 1. The Morgan fingerprint density at radius 3 is 2.70 bits per heavy atom. The van der Waals surface area contributed by atoms with Crippen molar-refractivity contribution in [2.24, 2.45) is 0 Å². The molecule has 1 saturated heterocycles. The van der Waals surface area contributed by atoms with E-state index < -0.39 is 0 Å². The number of hydrogen-bond donors (Lipinski definition) is 1. The van der Waals surface area contributed by atoms with Crippen molar-refractivity contribution in [2.75, 3.05) is 39.8 Å². The minimum atomic E-state index is 0.129. The first-order valence-corrected chi connectivity index (χ1v) is 9.85. The molecule has 1 aliphatic heterocycles. The number of likely N-dealkylation sites (N-methyl/N-ethyl adjacent to an activating group) is 1. The molecule has 1 aromatic heterocycles. The molecule has 1 amide bonds. The molecule has 0 bridgehead atoms. The lowest BCUT2D eigenvalue weighted by Gasteiger charge is -2.40. The number of carbonyl (C=O) groups is 1. The molecule has 2 heterocycles. The molecule has 1 N–H and O–H groups in total. The molecule has 27 heavy (non-hydrogen) atoms. The number of piperazine rings is 1. The molecule has 5 nitrogen and oxygen atoms in total. The van der Waals surface area contributed by atoms with Gasteiger partial charge in [-0.25, -0.2) is 0 Å². The molecule has 3 rings (SSSR count). The summed E-state index contributed by atoms with van der Waals surface area (Å²) in [6.45, 7) is 4.98. The van der Waals surface area contributed by atoms with E-state index in [9.17, 15) is 4.79 Å². The maximum absolute atomic E-state index is 12.0. The summed E-state index contributed by atoms with van der Waals surface area (Å²) in [5.74, 6) is 0.129. The Balaban J connectivity index is 1.40. The van der Waals surface area contributed by atoms with Crippen LogP contribution >= 0.6 is 0 Å². The minimum absolute atomic E-state index is 0.129. The fraction of sp³-hybridized carbons (Fsp3) is 0.455. The molecule has 0 aliphatic carbocycles. The standard InChI is InChI=1S/C22H30N4O/c1-25-16-17-26(21(18-25)20-6-3-2-4-7-20)15-5-12-24-22(27)9-8-19-10-13-23-14-11-19/h2-4,6-7,10-11,13-14,21H,5,8-9,12,15-18H2,1H3,(H,24,27). The Labute approximate surface area is 162 Å². The van der Waals surface area contributed by atoms with Crippen molar-refractivity contribution >= 4 is 5.91 Å². The van der Waals surface area contributed by atoms with Crippen molar-refractivity contribution in [3.63, 3.8) is 0 Å². The van der Waals surface area contributed by atoms with Gasteiger partial charge in [-0.3, -0.25) is 14.7 Å². The fourth-order valence-electron chi connectivity index (χ4n) is 3.62. The smallest absolute Gasteiger partial charge is 0.220 e. The molecule has 0 radical (unpaired) electrons. The summed E-state index contributed by atoms with van der Waals surface area (Å²) < 4.78 is 0. The summed E-state index contributed by atoms with van der Waals surface area (Å²) in [5.41, 5.74) is 2.54. The summed E-state index contributed by atoms with van der Waals surface area (Å²) in [7, 11) is 2.19. The summed E-state index contributed by atoms with van der Waals surface area (Å²) in [6.07, 6.45) is 5.82. The molecular formula is C22H30N4O. The van der Waals surface area contributed by atoms with Crippen LogP contribution in [0.3, 0.4) is 0 Å². The average molecular weight is 367 g/mol. The highest BCUT2D eigenvalue weighted by molar-refractivity contribution is 5.76. The molecule has 1 aliphatic rings. The zero-order chi connectivity index (χ0) is 18.9. The van der Waals surface area contributed by atoms with Crippen LogP contribution in [0.25, 0.3) is 0 Å². The zero-order valence-corrected chi connectivity index (χ0v) is 16.2. The second kappa shape index (κ2) is 10.2. The average Bonchev–Trinajstić information content (AvgIpc) is 2.72. The van der Waals surface area contributed by atoms with Gasteiger partial charge in [0.1, 0.15) is 0 Å². The summed E-state index contributed by atoms with van der Waals surface area (Å²) >= 11 is 0. The number of rotatable bonds is 8. The molecule has 0 spiro atoms. The van der Waals surface area contributed by atoms with Crippen LogP contribution in [-0.4, -0.2) is 60.5 Å². The van der Waals surface area contributed by atoms with E-state index in [1.807, 2.05) is 12.1 Å². The number of nitrogens with zero attached hydrogens (tertiary/aromatic N) is 3. The highest BCUT2D eigenvalue weighted by Gasteiger charge is 2.25. The van der Waals surface area contributed by atoms with Crippen LogP contribution in [0.2, 0.25) is 0 Å². The summed E-state index contributed by atoms with van der Waals surface area (Å²) in [5, 5.41) is 3.06. The molecular weight excluding hydrogens is 336 g/mol. The third kappa shape index (κ3) is 6.15. The Kier molecular flexibility index (Phi) is 7.36. The topological polar surface area (TPSA) is 48.5 Å². The second-order valence-corrected chi connectivity index (χ2v) is 7.28. The Morgan fingerprint density at radius 1 is 1.15 bits per heavy atom. The van der Waals surface area contributed by atoms with Crippen molar-refractivity contribution < 1.29 is 4.79 Å². The van der Waals surface area contributed by atoms with Crippen molar-refractivity contribution in [1.82, 2.24) is 20.1 Å². The molecule has 1 unspecified atom stereocenters. The lowest BCUT2D eigenvalue weighted by atomic mass is 10.0. The van der Waals surface area contributed by atoms with Gasteiger partial charge in [0.2, 0.25) is 5.91 Å². The zero-order valence-electron chi connectivity index (χ0n) is 16.2. The van der Waals surface area contributed by atoms with Crippen molar-refractivity contribution in [3.05, 3.63) is 66.0 Å². The number of pyridine rings is 1. The Hall–Kier alpha value is -2.24. The molecule has 2 aromatic rings. The van der Waals surface area contributed by atoms with Crippen molar-refractivity contribution in [3.8, 4) is 0 Å². The number of amides is 1. The van der Waals surface area contributed by atoms with E-state index in [0.29, 0.717) is 12.5 Å². The van der Waals surface area contributed by atoms with Crippen LogP contribution < -0.4 is 5.32 Å². The van der Waals surface area contributed by atoms with Gasteiger partial charge in [0, 0.05) is 57.6 Å². The minimum Gasteiger partial charge on any atom is -0.356 e. The molecule has 1 fully saturated rings. The number of benzene rings is 1. The fourth-order valence-corrected chi connectivity index (χ4v) is 3.62. The van der Waals surface area contributed by atoms with Gasteiger partial charge >= 0.3 is 0 Å². The van der Waals surface area contributed by atoms with E-state index >= 15 is 0 Å². The number of nitrogens with one attached hydrogen (secondary N) is 1. The monoisotopic (exact) mass is 366 g/mol. The Morgan fingerprint density at radius 2 is 1.93 bits per heavy atom. The van der Waals surface area contributed by atoms with Gasteiger partial charge in [0.25, 0.3) is 0 Å². The van der Waals surface area contributed by atoms with Gasteiger partial charge in [-0.15, -0.1) is 0 Å². The van der Waals surface area contributed by atoms with Gasteiger partial charge in [-0.05, 0) is 43.1 Å². The van der Waals surface area contributed by atoms with Crippen LogP contribution in [0, 0.1) is 0 Å². The van der Waals surface area contributed by atoms with Gasteiger partial charge < -0.3 is 10.2 Å². The lowest BCUT2D eigenvalue weighted by Crippen LogP contribution is -2.47. The van der Waals surface area contributed by atoms with Gasteiger partial charge in [0.15, 0.2) is 0 Å². The molecule has 144 valence electrons. The first-order valence-electron chi connectivity index (χ1n) is 9.85. The van der Waals surface area contributed by atoms with Crippen molar-refractivity contribution in [2.45, 2.75) is 25.3 Å². The van der Waals surface area contributed by atoms with Crippen LogP contribution in [0.4, 0.5) is 0 Å². The molecule has 5 heteroatoms. The van der Waals surface area contributed by atoms with Gasteiger partial charge in [-0.2, -0.15) is 0 Å². The second-order valence-electron chi connectivity index (χ2n) is 7.28. The van der Waals surface area contributed by atoms with E-state index in [0.717, 1.165) is 51.1 Å². The molecule has 1 aromatic carbocycles. The van der Waals surface area contributed by atoms with Crippen molar-refractivity contribution in [1.29, 1.82) is 0 Å². The van der Waals surface area contributed by atoms with E-state index in [1.165, 1.54) is 5.56 Å². The van der Waals surface area contributed by atoms with Gasteiger partial charge in [-0.1, -0.05) is 30.3 Å². The number of hydrogen-bond acceptors (Lipinski definition) is 4. The predicted octanol–water partition coefficient (Wildman–Crippen LogP) is 2.51. The predicted molar refractivity (Wildman–Crippen MR) is 108 cm³/mol. The summed E-state index contributed by atoms with van der Waals surface area (Å²) in [4.78, 5) is 21.0. The van der Waals surface area contributed by atoms with Crippen LogP contribution in [0.15, 0.2) is 54.9 Å². The van der Waals surface area contributed by atoms with Crippen LogP contribution in [0.5, 0.6) is 0 Å². The van der Waals surface area contributed by atoms with E-state index in [-0.39, 0.29) is 5.91 Å². The number of aromatic nitrogens is 1. The molecule has 1 atom stereocenters. The highest BCUT2D eigenvalue weighted by Crippen LogP contribution is 2.24. The number of carbonyl (C=O) groups excluding carboxylic acids is 1.